The standard InChI is InChI=1S/C8H13N3.C2H6/c1-7-5-9-8-6-10(2)3-4-11(7)8;1-2/h5H,3-4,6H2,1-2H3;1-2H3. The van der Waals surface area contributed by atoms with Gasteiger partial charge in [0.1, 0.15) is 5.82 Å². The maximum atomic E-state index is 4.33. The van der Waals surface area contributed by atoms with Gasteiger partial charge in [-0.25, -0.2) is 4.98 Å². The maximum Gasteiger partial charge on any atom is 0.123 e. The van der Waals surface area contributed by atoms with Gasteiger partial charge in [0.15, 0.2) is 0 Å². The first-order valence-corrected chi connectivity index (χ1v) is 4.97. The fraction of sp³-hybridized carbons (Fsp3) is 0.700. The van der Waals surface area contributed by atoms with E-state index in [4.69, 9.17) is 0 Å². The number of fused-ring (bicyclic) bond motifs is 1. The molecule has 0 saturated heterocycles. The van der Waals surface area contributed by atoms with Crippen LogP contribution >= 0.6 is 0 Å². The average molecular weight is 181 g/mol. The number of aryl methyl sites for hydroxylation is 1. The molecule has 0 bridgehead atoms. The second kappa shape index (κ2) is 4.42. The van der Waals surface area contributed by atoms with E-state index >= 15 is 0 Å². The smallest absolute Gasteiger partial charge is 0.123 e. The molecule has 74 valence electrons. The van der Waals surface area contributed by atoms with Crippen LogP contribution in [0.3, 0.4) is 0 Å². The molecule has 0 saturated carbocycles. The van der Waals surface area contributed by atoms with E-state index in [1.807, 2.05) is 20.0 Å². The summed E-state index contributed by atoms with van der Waals surface area (Å²) >= 11 is 0. The van der Waals surface area contributed by atoms with Gasteiger partial charge in [-0.2, -0.15) is 0 Å². The molecule has 13 heavy (non-hydrogen) atoms. The zero-order valence-corrected chi connectivity index (χ0v) is 9.04. The summed E-state index contributed by atoms with van der Waals surface area (Å²) in [6.45, 7) is 9.34. The molecule has 2 heterocycles. The Kier molecular flexibility index (Phi) is 3.48. The lowest BCUT2D eigenvalue weighted by atomic mass is 10.4. The second-order valence-corrected chi connectivity index (χ2v) is 3.21. The molecule has 1 aliphatic rings. The third-order valence-corrected chi connectivity index (χ3v) is 2.25. The van der Waals surface area contributed by atoms with Crippen LogP contribution in [0.5, 0.6) is 0 Å². The minimum absolute atomic E-state index is 0.994. The van der Waals surface area contributed by atoms with Crippen molar-refractivity contribution in [2.75, 3.05) is 13.6 Å². The Hall–Kier alpha value is -0.830. The number of hydrogen-bond acceptors (Lipinski definition) is 2. The van der Waals surface area contributed by atoms with Crippen molar-refractivity contribution in [2.45, 2.75) is 33.9 Å². The Morgan fingerprint density at radius 1 is 1.31 bits per heavy atom. The molecule has 2 rings (SSSR count). The van der Waals surface area contributed by atoms with E-state index < -0.39 is 0 Å². The van der Waals surface area contributed by atoms with Gasteiger partial charge in [0.25, 0.3) is 0 Å². The summed E-state index contributed by atoms with van der Waals surface area (Å²) < 4.78 is 2.29. The Balaban J connectivity index is 0.000000396. The van der Waals surface area contributed by atoms with Gasteiger partial charge in [0.2, 0.25) is 0 Å². The van der Waals surface area contributed by atoms with Crippen LogP contribution in [-0.4, -0.2) is 28.0 Å². The molecular weight excluding hydrogens is 162 g/mol. The molecule has 1 aromatic rings. The number of imidazole rings is 1. The fourth-order valence-electron chi connectivity index (χ4n) is 1.53. The highest BCUT2D eigenvalue weighted by Gasteiger charge is 2.14. The first-order valence-electron chi connectivity index (χ1n) is 4.97. The largest absolute Gasteiger partial charge is 0.330 e. The van der Waals surface area contributed by atoms with Crippen LogP contribution in [0, 0.1) is 6.92 Å². The number of rotatable bonds is 0. The third-order valence-electron chi connectivity index (χ3n) is 2.25. The lowest BCUT2D eigenvalue weighted by molar-refractivity contribution is 0.263. The van der Waals surface area contributed by atoms with Crippen LogP contribution in [0.15, 0.2) is 6.20 Å². The molecule has 0 radical (unpaired) electrons. The minimum atomic E-state index is 0.994. The van der Waals surface area contributed by atoms with Crippen molar-refractivity contribution in [1.82, 2.24) is 14.5 Å². The molecule has 0 amide bonds. The molecular formula is C10H19N3. The quantitative estimate of drug-likeness (QED) is 0.607. The Morgan fingerprint density at radius 3 is 2.69 bits per heavy atom. The van der Waals surface area contributed by atoms with E-state index in [-0.39, 0.29) is 0 Å². The normalized spacial score (nSPS) is 16.0. The fourth-order valence-corrected chi connectivity index (χ4v) is 1.53. The van der Waals surface area contributed by atoms with Gasteiger partial charge in [-0.15, -0.1) is 0 Å². The zero-order valence-electron chi connectivity index (χ0n) is 9.04. The van der Waals surface area contributed by atoms with Crippen molar-refractivity contribution in [2.24, 2.45) is 0 Å². The lowest BCUT2D eigenvalue weighted by Gasteiger charge is -2.24. The molecule has 0 atom stereocenters. The van der Waals surface area contributed by atoms with Crippen LogP contribution in [0.1, 0.15) is 25.4 Å². The molecule has 3 nitrogen and oxygen atoms in total. The van der Waals surface area contributed by atoms with Crippen molar-refractivity contribution < 1.29 is 0 Å². The number of likely N-dealkylation sites (N-methyl/N-ethyl adjacent to an activating group) is 1. The van der Waals surface area contributed by atoms with Gasteiger partial charge >= 0.3 is 0 Å². The molecule has 1 aromatic heterocycles. The van der Waals surface area contributed by atoms with E-state index in [1.54, 1.807) is 0 Å². The van der Waals surface area contributed by atoms with E-state index in [1.165, 1.54) is 11.5 Å². The summed E-state index contributed by atoms with van der Waals surface area (Å²) in [7, 11) is 2.13. The Labute approximate surface area is 80.4 Å². The number of nitrogens with zero attached hydrogens (tertiary/aromatic N) is 3. The minimum Gasteiger partial charge on any atom is -0.330 e. The van der Waals surface area contributed by atoms with Gasteiger partial charge in [-0.1, -0.05) is 13.8 Å². The SMILES string of the molecule is CC.Cc1cnc2n1CCN(C)C2. The average Bonchev–Trinajstić information content (AvgIpc) is 2.51. The molecule has 0 spiro atoms. The molecule has 3 heteroatoms. The summed E-state index contributed by atoms with van der Waals surface area (Å²) in [5.74, 6) is 1.20. The van der Waals surface area contributed by atoms with Gasteiger partial charge in [0.05, 0.1) is 6.54 Å². The van der Waals surface area contributed by atoms with Crippen molar-refractivity contribution in [3.63, 3.8) is 0 Å². The summed E-state index contributed by atoms with van der Waals surface area (Å²) in [6, 6.07) is 0. The summed E-state index contributed by atoms with van der Waals surface area (Å²) in [5, 5.41) is 0. The van der Waals surface area contributed by atoms with Crippen molar-refractivity contribution in [1.29, 1.82) is 0 Å². The molecule has 0 N–H and O–H groups in total. The first kappa shape index (κ1) is 10.3. The van der Waals surface area contributed by atoms with Crippen LogP contribution in [0.4, 0.5) is 0 Å². The van der Waals surface area contributed by atoms with E-state index in [9.17, 15) is 0 Å². The van der Waals surface area contributed by atoms with Crippen molar-refractivity contribution >= 4 is 0 Å². The summed E-state index contributed by atoms with van der Waals surface area (Å²) in [4.78, 5) is 6.62. The molecule has 1 aliphatic heterocycles. The molecule has 0 aliphatic carbocycles. The van der Waals surface area contributed by atoms with Crippen molar-refractivity contribution in [3.8, 4) is 0 Å². The van der Waals surface area contributed by atoms with Gasteiger partial charge in [-0.05, 0) is 14.0 Å². The van der Waals surface area contributed by atoms with Crippen LogP contribution < -0.4 is 0 Å². The molecule has 0 aromatic carbocycles. The third kappa shape index (κ3) is 2.10. The van der Waals surface area contributed by atoms with Crippen molar-refractivity contribution in [3.05, 3.63) is 17.7 Å². The molecule has 0 fully saturated rings. The second-order valence-electron chi connectivity index (χ2n) is 3.21. The summed E-state index contributed by atoms with van der Waals surface area (Å²) in [6.07, 6.45) is 1.95. The van der Waals surface area contributed by atoms with Crippen LogP contribution in [0.25, 0.3) is 0 Å². The van der Waals surface area contributed by atoms with E-state index in [0.29, 0.717) is 0 Å². The monoisotopic (exact) mass is 181 g/mol. The predicted molar refractivity (Wildman–Crippen MR) is 54.6 cm³/mol. The van der Waals surface area contributed by atoms with Crippen LogP contribution in [0.2, 0.25) is 0 Å². The Bertz CT molecular complexity index is 265. The number of hydrogen-bond donors (Lipinski definition) is 0. The summed E-state index contributed by atoms with van der Waals surface area (Å²) in [5.41, 5.74) is 1.29. The van der Waals surface area contributed by atoms with Crippen LogP contribution in [-0.2, 0) is 13.1 Å². The highest BCUT2D eigenvalue weighted by atomic mass is 15.2. The zero-order chi connectivity index (χ0) is 9.84. The topological polar surface area (TPSA) is 21.1 Å². The lowest BCUT2D eigenvalue weighted by Crippen LogP contribution is -2.30. The first-order chi connectivity index (χ1) is 6.27. The highest BCUT2D eigenvalue weighted by molar-refractivity contribution is 5.05. The van der Waals surface area contributed by atoms with E-state index in [0.717, 1.165) is 19.6 Å². The molecule has 0 unspecified atom stereocenters. The van der Waals surface area contributed by atoms with Gasteiger partial charge < -0.3 is 4.57 Å². The predicted octanol–water partition coefficient (Wildman–Crippen LogP) is 1.66. The van der Waals surface area contributed by atoms with E-state index in [2.05, 4.69) is 28.4 Å². The number of aromatic nitrogens is 2. The highest BCUT2D eigenvalue weighted by Crippen LogP contribution is 2.11. The Morgan fingerprint density at radius 2 is 2.00 bits per heavy atom. The maximum absolute atomic E-state index is 4.33. The van der Waals surface area contributed by atoms with Gasteiger partial charge in [-0.3, -0.25) is 4.90 Å². The van der Waals surface area contributed by atoms with Gasteiger partial charge in [0, 0.05) is 25.0 Å².